The van der Waals surface area contributed by atoms with Gasteiger partial charge in [-0.15, -0.1) is 10.2 Å². The van der Waals surface area contributed by atoms with Gasteiger partial charge in [-0.1, -0.05) is 0 Å². The van der Waals surface area contributed by atoms with E-state index in [0.717, 1.165) is 0 Å². The number of aromatic carboxylic acids is 1. The predicted molar refractivity (Wildman–Crippen MR) is 26.3 cm³/mol. The van der Waals surface area contributed by atoms with Crippen molar-refractivity contribution in [2.24, 2.45) is 0 Å². The molecule has 1 aromatic heterocycles. The summed E-state index contributed by atoms with van der Waals surface area (Å²) in [7, 11) is 0. The van der Waals surface area contributed by atoms with Crippen LogP contribution in [0.15, 0.2) is 4.42 Å². The van der Waals surface area contributed by atoms with Crippen LogP contribution < -0.4 is 0 Å². The number of halogens is 3. The molecule has 0 aliphatic carbocycles. The molecule has 0 unspecified atom stereocenters. The van der Waals surface area contributed by atoms with Crippen LogP contribution in [0.2, 0.25) is 0 Å². The van der Waals surface area contributed by atoms with Gasteiger partial charge in [0, 0.05) is 0 Å². The number of rotatable bonds is 1. The molecule has 0 aliphatic heterocycles. The second-order valence-electron chi connectivity index (χ2n) is 1.72. The minimum atomic E-state index is -4.80. The molecular formula is C4HF3N2O3. The molecule has 1 aromatic rings. The number of nitrogens with zero attached hydrogens (tertiary/aromatic N) is 2. The van der Waals surface area contributed by atoms with Gasteiger partial charge < -0.3 is 9.52 Å². The van der Waals surface area contributed by atoms with Crippen molar-refractivity contribution in [1.29, 1.82) is 0 Å². The topological polar surface area (TPSA) is 76.2 Å². The van der Waals surface area contributed by atoms with Crippen LogP contribution in [0.3, 0.4) is 0 Å². The van der Waals surface area contributed by atoms with Gasteiger partial charge in [0.05, 0.1) is 0 Å². The minimum Gasteiger partial charge on any atom is -0.474 e. The zero-order valence-corrected chi connectivity index (χ0v) is 5.29. The van der Waals surface area contributed by atoms with Crippen LogP contribution in [0.1, 0.15) is 16.6 Å². The number of carboxylic acid groups (broad SMARTS) is 1. The summed E-state index contributed by atoms with van der Waals surface area (Å²) in [6, 6.07) is 0. The Morgan fingerprint density at radius 3 is 2.25 bits per heavy atom. The molecule has 0 aromatic carbocycles. The highest BCUT2D eigenvalue weighted by Crippen LogP contribution is 2.27. The lowest BCUT2D eigenvalue weighted by Crippen LogP contribution is -2.04. The summed E-state index contributed by atoms with van der Waals surface area (Å²) in [5.74, 6) is -4.44. The summed E-state index contributed by atoms with van der Waals surface area (Å²) < 4.78 is 38.8. The van der Waals surface area contributed by atoms with E-state index in [4.69, 9.17) is 5.11 Å². The average molecular weight is 182 g/mol. The number of hydrogen-bond acceptors (Lipinski definition) is 4. The first-order chi connectivity index (χ1) is 5.41. The van der Waals surface area contributed by atoms with Crippen molar-refractivity contribution in [3.05, 3.63) is 11.8 Å². The minimum absolute atomic E-state index is 1.08. The average Bonchev–Trinajstić information content (AvgIpc) is 2.30. The SMILES string of the molecule is O=C(O)c1nnc(C(F)(F)F)o1. The van der Waals surface area contributed by atoms with E-state index in [1.54, 1.807) is 0 Å². The van der Waals surface area contributed by atoms with Crippen LogP contribution >= 0.6 is 0 Å². The van der Waals surface area contributed by atoms with Crippen LogP contribution in [-0.2, 0) is 6.18 Å². The highest BCUT2D eigenvalue weighted by Gasteiger charge is 2.38. The quantitative estimate of drug-likeness (QED) is 0.694. The molecule has 0 fully saturated rings. The second-order valence-corrected chi connectivity index (χ2v) is 1.72. The Balaban J connectivity index is 3.00. The fourth-order valence-corrected chi connectivity index (χ4v) is 0.424. The van der Waals surface area contributed by atoms with E-state index < -0.39 is 23.9 Å². The standard InChI is InChI=1S/C4HF3N2O3/c5-4(6,7)3-9-8-1(12-3)2(10)11/h(H,10,11). The van der Waals surface area contributed by atoms with Gasteiger partial charge in [-0.2, -0.15) is 13.2 Å². The van der Waals surface area contributed by atoms with Crippen molar-refractivity contribution in [1.82, 2.24) is 10.2 Å². The maximum atomic E-state index is 11.7. The third-order valence-electron chi connectivity index (χ3n) is 0.850. The first-order valence-electron chi connectivity index (χ1n) is 2.55. The smallest absolute Gasteiger partial charge is 0.470 e. The molecule has 0 saturated carbocycles. The Bertz CT molecular complexity index is 305. The maximum Gasteiger partial charge on any atom is 0.470 e. The van der Waals surface area contributed by atoms with Gasteiger partial charge in [0.25, 0.3) is 0 Å². The Hall–Kier alpha value is -1.60. The van der Waals surface area contributed by atoms with E-state index in [1.807, 2.05) is 0 Å². The lowest BCUT2D eigenvalue weighted by atomic mass is 10.6. The normalized spacial score (nSPS) is 11.6. The number of aromatic nitrogens is 2. The highest BCUT2D eigenvalue weighted by molar-refractivity contribution is 5.81. The zero-order valence-electron chi connectivity index (χ0n) is 5.29. The molecule has 0 aliphatic rings. The summed E-state index contributed by atoms with van der Waals surface area (Å²) in [5.41, 5.74) is 0. The molecule has 0 radical (unpaired) electrons. The number of carbonyl (C=O) groups is 1. The van der Waals surface area contributed by atoms with E-state index in [0.29, 0.717) is 0 Å². The molecule has 12 heavy (non-hydrogen) atoms. The van der Waals surface area contributed by atoms with E-state index >= 15 is 0 Å². The molecule has 0 bridgehead atoms. The van der Waals surface area contributed by atoms with Gasteiger partial charge in [0.2, 0.25) is 0 Å². The predicted octanol–water partition coefficient (Wildman–Crippen LogP) is 0.787. The molecule has 1 rings (SSSR count). The third kappa shape index (κ3) is 1.52. The number of alkyl halides is 3. The molecular weight excluding hydrogens is 181 g/mol. The number of hydrogen-bond donors (Lipinski definition) is 1. The van der Waals surface area contributed by atoms with Crippen LogP contribution in [-0.4, -0.2) is 21.3 Å². The van der Waals surface area contributed by atoms with Gasteiger partial charge in [-0.3, -0.25) is 0 Å². The first kappa shape index (κ1) is 8.50. The summed E-state index contributed by atoms with van der Waals surface area (Å²) in [5, 5.41) is 13.2. The van der Waals surface area contributed by atoms with Crippen LogP contribution in [0.5, 0.6) is 0 Å². The van der Waals surface area contributed by atoms with Crippen molar-refractivity contribution >= 4 is 5.97 Å². The fraction of sp³-hybridized carbons (Fsp3) is 0.250. The summed E-state index contributed by atoms with van der Waals surface area (Å²) in [4.78, 5) is 9.98. The Morgan fingerprint density at radius 1 is 1.42 bits per heavy atom. The molecule has 0 atom stereocenters. The van der Waals surface area contributed by atoms with Gasteiger partial charge in [-0.25, -0.2) is 4.79 Å². The molecule has 1 heterocycles. The van der Waals surface area contributed by atoms with Gasteiger partial charge in [0.15, 0.2) is 0 Å². The third-order valence-corrected chi connectivity index (χ3v) is 0.850. The Morgan fingerprint density at radius 2 is 2.00 bits per heavy atom. The summed E-state index contributed by atoms with van der Waals surface area (Å²) >= 11 is 0. The van der Waals surface area contributed by atoms with E-state index in [-0.39, 0.29) is 0 Å². The van der Waals surface area contributed by atoms with Crippen LogP contribution in [0.4, 0.5) is 13.2 Å². The maximum absolute atomic E-state index is 11.7. The van der Waals surface area contributed by atoms with Gasteiger partial charge in [-0.05, 0) is 0 Å². The lowest BCUT2D eigenvalue weighted by Gasteiger charge is -1.96. The van der Waals surface area contributed by atoms with Crippen molar-refractivity contribution in [3.8, 4) is 0 Å². The van der Waals surface area contributed by atoms with E-state index in [1.165, 1.54) is 0 Å². The Kier molecular flexibility index (Phi) is 1.75. The molecule has 0 amide bonds. The van der Waals surface area contributed by atoms with Crippen molar-refractivity contribution in [3.63, 3.8) is 0 Å². The van der Waals surface area contributed by atoms with Crippen molar-refractivity contribution in [2.75, 3.05) is 0 Å². The van der Waals surface area contributed by atoms with E-state index in [2.05, 4.69) is 14.6 Å². The monoisotopic (exact) mass is 182 g/mol. The molecule has 5 nitrogen and oxygen atoms in total. The van der Waals surface area contributed by atoms with Crippen molar-refractivity contribution < 1.29 is 27.5 Å². The molecule has 66 valence electrons. The first-order valence-corrected chi connectivity index (χ1v) is 2.55. The van der Waals surface area contributed by atoms with Crippen LogP contribution in [0, 0.1) is 0 Å². The molecule has 0 saturated heterocycles. The molecule has 1 N–H and O–H groups in total. The highest BCUT2D eigenvalue weighted by atomic mass is 19.4. The fourth-order valence-electron chi connectivity index (χ4n) is 0.424. The summed E-state index contributed by atoms with van der Waals surface area (Å²) in [6.45, 7) is 0. The second kappa shape index (κ2) is 2.47. The summed E-state index contributed by atoms with van der Waals surface area (Å²) in [6.07, 6.45) is -4.80. The van der Waals surface area contributed by atoms with Gasteiger partial charge in [0.1, 0.15) is 0 Å². The molecule has 8 heteroatoms. The zero-order chi connectivity index (χ0) is 9.35. The molecule has 0 spiro atoms. The largest absolute Gasteiger partial charge is 0.474 e. The number of carboxylic acids is 1. The van der Waals surface area contributed by atoms with E-state index in [9.17, 15) is 18.0 Å². The van der Waals surface area contributed by atoms with Gasteiger partial charge >= 0.3 is 23.9 Å². The Labute approximate surface area is 62.8 Å². The van der Waals surface area contributed by atoms with Crippen LogP contribution in [0.25, 0.3) is 0 Å². The lowest BCUT2D eigenvalue weighted by molar-refractivity contribution is -0.157. The van der Waals surface area contributed by atoms with Crippen molar-refractivity contribution in [2.45, 2.75) is 6.18 Å².